The first-order chi connectivity index (χ1) is 17.1. The maximum Gasteiger partial charge on any atom is 0.168 e. The van der Waals surface area contributed by atoms with Crippen molar-refractivity contribution in [2.75, 3.05) is 13.2 Å². The molecule has 1 aliphatic heterocycles. The van der Waals surface area contributed by atoms with Crippen molar-refractivity contribution in [1.29, 1.82) is 5.26 Å². The Labute approximate surface area is 206 Å². The molecule has 172 valence electrons. The van der Waals surface area contributed by atoms with Gasteiger partial charge in [-0.25, -0.2) is 4.39 Å². The standard InChI is InChI=1S/C28H21FN4OS/c29-22-5-1-3-20(15-22)27-32-31-26-10-7-19-16-24(8-9-25(19)33(26)27)35-23-6-2-4-21(17-23)28(18-30)11-13-34-14-12-28/h1-10,15-17H,11-14H2. The van der Waals surface area contributed by atoms with Crippen molar-refractivity contribution >= 4 is 28.3 Å². The van der Waals surface area contributed by atoms with Crippen LogP contribution >= 0.6 is 11.8 Å². The normalized spacial score (nSPS) is 15.3. The fourth-order valence-electron chi connectivity index (χ4n) is 4.73. The number of hydrogen-bond donors (Lipinski definition) is 0. The third-order valence-corrected chi connectivity index (χ3v) is 7.58. The molecule has 5 aromatic rings. The highest BCUT2D eigenvalue weighted by Gasteiger charge is 2.34. The predicted molar refractivity (Wildman–Crippen MR) is 134 cm³/mol. The van der Waals surface area contributed by atoms with Crippen LogP contribution in [-0.4, -0.2) is 27.8 Å². The number of benzene rings is 3. The minimum Gasteiger partial charge on any atom is -0.381 e. The molecule has 0 amide bonds. The fraction of sp³-hybridized carbons (Fsp3) is 0.179. The van der Waals surface area contributed by atoms with Gasteiger partial charge in [-0.3, -0.25) is 4.40 Å². The predicted octanol–water partition coefficient (Wildman–Crippen LogP) is 6.41. The number of pyridine rings is 1. The molecule has 6 rings (SSSR count). The van der Waals surface area contributed by atoms with E-state index in [9.17, 15) is 9.65 Å². The molecule has 2 aromatic heterocycles. The molecule has 1 fully saturated rings. The summed E-state index contributed by atoms with van der Waals surface area (Å²) in [6.45, 7) is 1.23. The van der Waals surface area contributed by atoms with Crippen LogP contribution in [0.3, 0.4) is 0 Å². The Hall–Kier alpha value is -3.73. The molecule has 35 heavy (non-hydrogen) atoms. The zero-order chi connectivity index (χ0) is 23.8. The summed E-state index contributed by atoms with van der Waals surface area (Å²) in [5.41, 5.74) is 2.92. The number of rotatable bonds is 4. The molecule has 0 radical (unpaired) electrons. The average Bonchev–Trinajstić information content (AvgIpc) is 3.34. The van der Waals surface area contributed by atoms with Gasteiger partial charge in [0, 0.05) is 28.6 Å². The van der Waals surface area contributed by atoms with Gasteiger partial charge >= 0.3 is 0 Å². The third-order valence-electron chi connectivity index (χ3n) is 6.61. The zero-order valence-corrected chi connectivity index (χ0v) is 19.6. The van der Waals surface area contributed by atoms with Gasteiger partial charge in [-0.2, -0.15) is 5.26 Å². The van der Waals surface area contributed by atoms with Gasteiger partial charge in [0.05, 0.1) is 17.0 Å². The molecule has 7 heteroatoms. The van der Waals surface area contributed by atoms with Crippen molar-refractivity contribution in [1.82, 2.24) is 14.6 Å². The van der Waals surface area contributed by atoms with E-state index in [2.05, 4.69) is 52.7 Å². The Morgan fingerprint density at radius 2 is 1.74 bits per heavy atom. The summed E-state index contributed by atoms with van der Waals surface area (Å²) in [6.07, 6.45) is 1.44. The molecule has 1 saturated heterocycles. The molecule has 0 saturated carbocycles. The van der Waals surface area contributed by atoms with Crippen LogP contribution in [0, 0.1) is 17.1 Å². The van der Waals surface area contributed by atoms with Gasteiger partial charge in [-0.15, -0.1) is 10.2 Å². The van der Waals surface area contributed by atoms with Gasteiger partial charge in [0.1, 0.15) is 5.82 Å². The largest absolute Gasteiger partial charge is 0.381 e. The summed E-state index contributed by atoms with van der Waals surface area (Å²) in [4.78, 5) is 2.18. The molecule has 0 atom stereocenters. The Kier molecular flexibility index (Phi) is 5.48. The maximum atomic E-state index is 13.8. The highest BCUT2D eigenvalue weighted by atomic mass is 32.2. The molecular weight excluding hydrogens is 459 g/mol. The number of fused-ring (bicyclic) bond motifs is 3. The minimum absolute atomic E-state index is 0.306. The number of halogens is 1. The van der Waals surface area contributed by atoms with E-state index in [0.717, 1.165) is 39.1 Å². The second kappa shape index (κ2) is 8.81. The van der Waals surface area contributed by atoms with E-state index in [4.69, 9.17) is 4.74 Å². The Morgan fingerprint density at radius 3 is 2.57 bits per heavy atom. The molecule has 0 unspecified atom stereocenters. The summed E-state index contributed by atoms with van der Waals surface area (Å²) >= 11 is 1.67. The molecule has 0 aliphatic carbocycles. The molecule has 1 aliphatic rings. The number of ether oxygens (including phenoxy) is 1. The van der Waals surface area contributed by atoms with Crippen LogP contribution in [0.5, 0.6) is 0 Å². The Balaban J connectivity index is 1.36. The van der Waals surface area contributed by atoms with Gasteiger partial charge in [0.2, 0.25) is 0 Å². The Morgan fingerprint density at radius 1 is 0.914 bits per heavy atom. The van der Waals surface area contributed by atoms with Crippen LogP contribution in [0.2, 0.25) is 0 Å². The van der Waals surface area contributed by atoms with Crippen LogP contribution in [0.1, 0.15) is 18.4 Å². The van der Waals surface area contributed by atoms with Crippen LogP contribution < -0.4 is 0 Å². The summed E-state index contributed by atoms with van der Waals surface area (Å²) in [5.74, 6) is 0.302. The number of nitrogens with zero attached hydrogens (tertiary/aromatic N) is 4. The van der Waals surface area contributed by atoms with E-state index in [1.165, 1.54) is 12.1 Å². The van der Waals surface area contributed by atoms with E-state index in [-0.39, 0.29) is 5.82 Å². The second-order valence-electron chi connectivity index (χ2n) is 8.72. The molecule has 0 N–H and O–H groups in total. The average molecular weight is 481 g/mol. The maximum absolute atomic E-state index is 13.8. The molecule has 0 bridgehead atoms. The van der Waals surface area contributed by atoms with Crippen molar-refractivity contribution in [2.24, 2.45) is 0 Å². The van der Waals surface area contributed by atoms with Crippen LogP contribution in [0.15, 0.2) is 88.7 Å². The van der Waals surface area contributed by atoms with E-state index >= 15 is 0 Å². The smallest absolute Gasteiger partial charge is 0.168 e. The monoisotopic (exact) mass is 480 g/mol. The van der Waals surface area contributed by atoms with Gasteiger partial charge in [-0.05, 0) is 78.4 Å². The van der Waals surface area contributed by atoms with Crippen LogP contribution in [-0.2, 0) is 10.2 Å². The van der Waals surface area contributed by atoms with Crippen molar-refractivity contribution < 1.29 is 9.13 Å². The fourth-order valence-corrected chi connectivity index (χ4v) is 5.66. The lowest BCUT2D eigenvalue weighted by Gasteiger charge is -2.31. The summed E-state index contributed by atoms with van der Waals surface area (Å²) in [5, 5.41) is 19.6. The number of hydrogen-bond acceptors (Lipinski definition) is 5. The van der Waals surface area contributed by atoms with Gasteiger partial charge < -0.3 is 4.74 Å². The highest BCUT2D eigenvalue weighted by molar-refractivity contribution is 7.99. The van der Waals surface area contributed by atoms with Crippen molar-refractivity contribution in [3.05, 3.63) is 90.2 Å². The van der Waals surface area contributed by atoms with Crippen LogP contribution in [0.4, 0.5) is 4.39 Å². The highest BCUT2D eigenvalue weighted by Crippen LogP contribution is 2.38. The topological polar surface area (TPSA) is 63.2 Å². The minimum atomic E-state index is -0.481. The third kappa shape index (κ3) is 3.95. The molecule has 3 heterocycles. The summed E-state index contributed by atoms with van der Waals surface area (Å²) in [6, 6.07) is 27.5. The molecular formula is C28H21FN4OS. The number of aromatic nitrogens is 3. The first-order valence-corrected chi connectivity index (χ1v) is 12.3. The Bertz CT molecular complexity index is 1600. The van der Waals surface area contributed by atoms with Gasteiger partial charge in [-0.1, -0.05) is 36.0 Å². The lowest BCUT2D eigenvalue weighted by atomic mass is 9.75. The van der Waals surface area contributed by atoms with Gasteiger partial charge in [0.25, 0.3) is 0 Å². The SMILES string of the molecule is N#CC1(c2cccc(Sc3ccc4c(ccc5nnc(-c6cccc(F)c6)n54)c3)c2)CCOCC1. The van der Waals surface area contributed by atoms with Gasteiger partial charge in [0.15, 0.2) is 11.5 Å². The van der Waals surface area contributed by atoms with E-state index in [1.54, 1.807) is 17.8 Å². The quantitative estimate of drug-likeness (QED) is 0.297. The summed E-state index contributed by atoms with van der Waals surface area (Å²) < 4.78 is 21.3. The molecule has 3 aromatic carbocycles. The first kappa shape index (κ1) is 21.8. The second-order valence-corrected chi connectivity index (χ2v) is 9.86. The van der Waals surface area contributed by atoms with Crippen molar-refractivity contribution in [3.8, 4) is 17.5 Å². The molecule has 0 spiro atoms. The lowest BCUT2D eigenvalue weighted by Crippen LogP contribution is -2.32. The van der Waals surface area contributed by atoms with Crippen LogP contribution in [0.25, 0.3) is 27.9 Å². The summed E-state index contributed by atoms with van der Waals surface area (Å²) in [7, 11) is 0. The van der Waals surface area contributed by atoms with E-state index in [0.29, 0.717) is 30.2 Å². The van der Waals surface area contributed by atoms with Crippen molar-refractivity contribution in [3.63, 3.8) is 0 Å². The van der Waals surface area contributed by atoms with Crippen molar-refractivity contribution in [2.45, 2.75) is 28.0 Å². The lowest BCUT2D eigenvalue weighted by molar-refractivity contribution is 0.0675. The molecule has 5 nitrogen and oxygen atoms in total. The van der Waals surface area contributed by atoms with E-state index in [1.807, 2.05) is 28.7 Å². The van der Waals surface area contributed by atoms with E-state index < -0.39 is 5.41 Å². The zero-order valence-electron chi connectivity index (χ0n) is 18.8. The first-order valence-electron chi connectivity index (χ1n) is 11.5. The number of nitriles is 1.